The van der Waals surface area contributed by atoms with Gasteiger partial charge in [0.25, 0.3) is 5.56 Å². The molecule has 1 aromatic heterocycles. The first-order valence-corrected chi connectivity index (χ1v) is 6.85. The van der Waals surface area contributed by atoms with E-state index in [0.29, 0.717) is 15.7 Å². The molecule has 2 aromatic carbocycles. The maximum Gasteiger partial charge on any atom is 0.444 e. The van der Waals surface area contributed by atoms with Crippen molar-refractivity contribution in [2.45, 2.75) is 6.11 Å². The Labute approximate surface area is 129 Å². The lowest BCUT2D eigenvalue weighted by molar-refractivity contribution is -0.246. The predicted octanol–water partition coefficient (Wildman–Crippen LogP) is 3.66. The van der Waals surface area contributed by atoms with Crippen LogP contribution in [0.1, 0.15) is 0 Å². The van der Waals surface area contributed by atoms with Gasteiger partial charge in [-0.1, -0.05) is 48.5 Å². The van der Waals surface area contributed by atoms with Crippen molar-refractivity contribution in [1.29, 1.82) is 0 Å². The van der Waals surface area contributed by atoms with E-state index in [9.17, 15) is 18.0 Å². The van der Waals surface area contributed by atoms with Crippen LogP contribution in [0.15, 0.2) is 65.5 Å². The molecule has 0 radical (unpaired) electrons. The molecule has 0 saturated carbocycles. The Hall–Kier alpha value is -2.76. The largest absolute Gasteiger partial charge is 0.444 e. The van der Waals surface area contributed by atoms with Crippen LogP contribution in [0.25, 0.3) is 22.0 Å². The van der Waals surface area contributed by atoms with Gasteiger partial charge >= 0.3 is 6.11 Å². The normalized spacial score (nSPS) is 11.6. The van der Waals surface area contributed by atoms with Crippen molar-refractivity contribution in [2.75, 3.05) is 6.67 Å². The Balaban J connectivity index is 2.30. The van der Waals surface area contributed by atoms with E-state index in [4.69, 9.17) is 0 Å². The molecule has 0 fully saturated rings. The molecular formula is C17H12F3NO2. The SMILES string of the molecule is O=c1c2ccccc2cc(-c2ccccc2)n1OC(F)(F)CF. The number of alkyl halides is 3. The first-order valence-electron chi connectivity index (χ1n) is 6.85. The molecule has 0 spiro atoms. The summed E-state index contributed by atoms with van der Waals surface area (Å²) in [5, 5.41) is 0.793. The van der Waals surface area contributed by atoms with Crippen molar-refractivity contribution >= 4 is 10.8 Å². The third-order valence-electron chi connectivity index (χ3n) is 3.34. The van der Waals surface area contributed by atoms with Gasteiger partial charge in [-0.2, -0.15) is 8.78 Å². The quantitative estimate of drug-likeness (QED) is 0.735. The van der Waals surface area contributed by atoms with Crippen LogP contribution in [-0.4, -0.2) is 17.5 Å². The molecule has 0 saturated heterocycles. The van der Waals surface area contributed by atoms with Gasteiger partial charge in [0.05, 0.1) is 11.1 Å². The maximum absolute atomic E-state index is 13.4. The van der Waals surface area contributed by atoms with Gasteiger partial charge in [0, 0.05) is 5.56 Å². The zero-order valence-electron chi connectivity index (χ0n) is 11.9. The first-order chi connectivity index (χ1) is 11.0. The lowest BCUT2D eigenvalue weighted by atomic mass is 10.1. The number of nitrogens with zero attached hydrogens (tertiary/aromatic N) is 1. The van der Waals surface area contributed by atoms with Gasteiger partial charge in [0.15, 0.2) is 6.67 Å². The second kappa shape index (κ2) is 5.79. The highest BCUT2D eigenvalue weighted by atomic mass is 19.3. The fourth-order valence-corrected chi connectivity index (χ4v) is 2.30. The van der Waals surface area contributed by atoms with Gasteiger partial charge in [-0.05, 0) is 17.5 Å². The lowest BCUT2D eigenvalue weighted by Crippen LogP contribution is -2.40. The van der Waals surface area contributed by atoms with Crippen molar-refractivity contribution in [1.82, 2.24) is 4.73 Å². The highest BCUT2D eigenvalue weighted by molar-refractivity contribution is 5.85. The minimum atomic E-state index is -4.09. The van der Waals surface area contributed by atoms with Gasteiger partial charge in [0.2, 0.25) is 0 Å². The molecule has 0 aliphatic rings. The van der Waals surface area contributed by atoms with Gasteiger partial charge in [0.1, 0.15) is 0 Å². The van der Waals surface area contributed by atoms with Crippen LogP contribution in [0.2, 0.25) is 0 Å². The van der Waals surface area contributed by atoms with Crippen molar-refractivity contribution in [2.24, 2.45) is 0 Å². The highest BCUT2D eigenvalue weighted by Gasteiger charge is 2.34. The maximum atomic E-state index is 13.4. The molecule has 3 nitrogen and oxygen atoms in total. The summed E-state index contributed by atoms with van der Waals surface area (Å²) in [5.41, 5.74) is -0.137. The molecule has 1 heterocycles. The van der Waals surface area contributed by atoms with E-state index in [2.05, 4.69) is 4.84 Å². The molecule has 3 aromatic rings. The van der Waals surface area contributed by atoms with Crippen LogP contribution < -0.4 is 10.4 Å². The third kappa shape index (κ3) is 2.92. The molecule has 0 unspecified atom stereocenters. The summed E-state index contributed by atoms with van der Waals surface area (Å²) in [6, 6.07) is 16.6. The second-order valence-electron chi connectivity index (χ2n) is 4.94. The number of pyridine rings is 1. The van der Waals surface area contributed by atoms with Crippen molar-refractivity contribution in [3.05, 3.63) is 71.0 Å². The number of halogens is 3. The predicted molar refractivity (Wildman–Crippen MR) is 81.1 cm³/mol. The Bertz CT molecular complexity index is 891. The molecule has 0 atom stereocenters. The average Bonchev–Trinajstić information content (AvgIpc) is 2.58. The Morgan fingerprint density at radius 2 is 1.65 bits per heavy atom. The van der Waals surface area contributed by atoms with Gasteiger partial charge < -0.3 is 4.84 Å². The zero-order chi connectivity index (χ0) is 16.4. The molecular weight excluding hydrogens is 307 g/mol. The molecule has 0 aliphatic carbocycles. The van der Waals surface area contributed by atoms with Crippen molar-refractivity contribution in [3.63, 3.8) is 0 Å². The number of benzene rings is 2. The first kappa shape index (κ1) is 15.1. The summed E-state index contributed by atoms with van der Waals surface area (Å²) in [7, 11) is 0. The van der Waals surface area contributed by atoms with Crippen molar-refractivity contribution in [3.8, 4) is 11.3 Å². The number of hydrogen-bond donors (Lipinski definition) is 0. The van der Waals surface area contributed by atoms with Gasteiger partial charge in [-0.15, -0.1) is 4.73 Å². The summed E-state index contributed by atoms with van der Waals surface area (Å²) >= 11 is 0. The minimum absolute atomic E-state index is 0.127. The van der Waals surface area contributed by atoms with Crippen LogP contribution in [0, 0.1) is 0 Å². The van der Waals surface area contributed by atoms with Crippen LogP contribution in [-0.2, 0) is 0 Å². The molecule has 0 bridgehead atoms. The monoisotopic (exact) mass is 319 g/mol. The van der Waals surface area contributed by atoms with E-state index < -0.39 is 18.3 Å². The standard InChI is InChI=1S/C17H12F3NO2/c18-11-17(19,20)23-21-15(12-6-2-1-3-7-12)10-13-8-4-5-9-14(13)16(21)22/h1-10H,11H2. The summed E-state index contributed by atoms with van der Waals surface area (Å²) in [6.07, 6.45) is -4.09. The summed E-state index contributed by atoms with van der Waals surface area (Å²) in [6.45, 7) is -2.03. The molecule has 0 aliphatic heterocycles. The van der Waals surface area contributed by atoms with E-state index >= 15 is 0 Å². The molecule has 0 amide bonds. The van der Waals surface area contributed by atoms with Crippen LogP contribution in [0.5, 0.6) is 0 Å². The summed E-state index contributed by atoms with van der Waals surface area (Å²) in [5.74, 6) is 0. The van der Waals surface area contributed by atoms with Gasteiger partial charge in [-0.3, -0.25) is 4.79 Å². The van der Waals surface area contributed by atoms with Crippen LogP contribution >= 0.6 is 0 Å². The Morgan fingerprint density at radius 3 is 2.35 bits per heavy atom. The molecule has 6 heteroatoms. The zero-order valence-corrected chi connectivity index (χ0v) is 11.9. The summed E-state index contributed by atoms with van der Waals surface area (Å²) in [4.78, 5) is 16.9. The van der Waals surface area contributed by atoms with E-state index in [1.807, 2.05) is 0 Å². The number of rotatable bonds is 4. The van der Waals surface area contributed by atoms with E-state index in [1.165, 1.54) is 6.07 Å². The summed E-state index contributed by atoms with van der Waals surface area (Å²) < 4.78 is 39.6. The lowest BCUT2D eigenvalue weighted by Gasteiger charge is -2.19. The minimum Gasteiger partial charge on any atom is -0.335 e. The fourth-order valence-electron chi connectivity index (χ4n) is 2.30. The van der Waals surface area contributed by atoms with E-state index in [0.717, 1.165) is 0 Å². The fraction of sp³-hybridized carbons (Fsp3) is 0.118. The number of aromatic nitrogens is 1. The Kier molecular flexibility index (Phi) is 3.82. The molecule has 23 heavy (non-hydrogen) atoms. The van der Waals surface area contributed by atoms with Gasteiger partial charge in [-0.25, -0.2) is 4.39 Å². The molecule has 3 rings (SSSR count). The number of hydrogen-bond acceptors (Lipinski definition) is 2. The van der Waals surface area contributed by atoms with Crippen LogP contribution in [0.3, 0.4) is 0 Å². The molecule has 0 N–H and O–H groups in total. The van der Waals surface area contributed by atoms with Crippen LogP contribution in [0.4, 0.5) is 13.2 Å². The smallest absolute Gasteiger partial charge is 0.335 e. The van der Waals surface area contributed by atoms with Crippen molar-refractivity contribution < 1.29 is 18.0 Å². The number of fused-ring (bicyclic) bond motifs is 1. The third-order valence-corrected chi connectivity index (χ3v) is 3.34. The average molecular weight is 319 g/mol. The Morgan fingerprint density at radius 1 is 1.00 bits per heavy atom. The van der Waals surface area contributed by atoms with E-state index in [1.54, 1.807) is 54.6 Å². The topological polar surface area (TPSA) is 31.2 Å². The second-order valence-corrected chi connectivity index (χ2v) is 4.94. The highest BCUT2D eigenvalue weighted by Crippen LogP contribution is 2.23. The molecule has 118 valence electrons. The van der Waals surface area contributed by atoms with E-state index in [-0.39, 0.29) is 11.1 Å².